The molecule has 1 aromatic heterocycles. The van der Waals surface area contributed by atoms with Crippen molar-refractivity contribution in [3.05, 3.63) is 28.6 Å². The molecule has 0 radical (unpaired) electrons. The summed E-state index contributed by atoms with van der Waals surface area (Å²) < 4.78 is 0. The predicted octanol–water partition coefficient (Wildman–Crippen LogP) is 1.56. The second-order valence-electron chi connectivity index (χ2n) is 4.36. The van der Waals surface area contributed by atoms with Crippen LogP contribution in [0.2, 0.25) is 0 Å². The number of aliphatic hydroxyl groups excluding tert-OH is 1. The summed E-state index contributed by atoms with van der Waals surface area (Å²) >= 11 is 0. The van der Waals surface area contributed by atoms with Gasteiger partial charge in [0.1, 0.15) is 11.9 Å². The van der Waals surface area contributed by atoms with E-state index in [1.54, 1.807) is 6.07 Å². The van der Waals surface area contributed by atoms with Crippen LogP contribution in [0.15, 0.2) is 18.5 Å². The van der Waals surface area contributed by atoms with Gasteiger partial charge in [0.25, 0.3) is 0 Å². The zero-order valence-electron chi connectivity index (χ0n) is 9.37. The molecule has 0 amide bonds. The second-order valence-corrected chi connectivity index (χ2v) is 4.36. The van der Waals surface area contributed by atoms with E-state index in [0.717, 1.165) is 19.3 Å². The van der Waals surface area contributed by atoms with E-state index in [-0.39, 0.29) is 11.8 Å². The normalized spacial score (nSPS) is 23.6. The zero-order valence-corrected chi connectivity index (χ0v) is 9.37. The number of anilines is 1. The van der Waals surface area contributed by atoms with Crippen molar-refractivity contribution < 1.29 is 10.0 Å². The molecule has 1 aliphatic rings. The molecule has 0 spiro atoms. The molecule has 1 saturated carbocycles. The summed E-state index contributed by atoms with van der Waals surface area (Å²) in [5, 5.41) is 23.2. The Morgan fingerprint density at radius 1 is 1.59 bits per heavy atom. The third kappa shape index (κ3) is 2.91. The van der Waals surface area contributed by atoms with Crippen LogP contribution < -0.4 is 5.32 Å². The lowest BCUT2D eigenvalue weighted by atomic mass is 10.1. The Bertz CT molecular complexity index is 411. The molecule has 17 heavy (non-hydrogen) atoms. The highest BCUT2D eigenvalue weighted by Gasteiger charge is 2.23. The SMILES string of the molecule is O=[N+]([O-])c1cnccc1NCC1CCC(O)C1. The minimum absolute atomic E-state index is 0.00829. The zero-order chi connectivity index (χ0) is 12.3. The monoisotopic (exact) mass is 237 g/mol. The molecule has 1 fully saturated rings. The van der Waals surface area contributed by atoms with Gasteiger partial charge in [-0.25, -0.2) is 0 Å². The van der Waals surface area contributed by atoms with Gasteiger partial charge in [-0.05, 0) is 31.2 Å². The van der Waals surface area contributed by atoms with Gasteiger partial charge in [-0.15, -0.1) is 0 Å². The lowest BCUT2D eigenvalue weighted by molar-refractivity contribution is -0.384. The highest BCUT2D eigenvalue weighted by Crippen LogP contribution is 2.27. The topological polar surface area (TPSA) is 88.3 Å². The molecule has 0 bridgehead atoms. The van der Waals surface area contributed by atoms with Crippen LogP contribution in [0.25, 0.3) is 0 Å². The number of nitrogens with one attached hydrogen (secondary N) is 1. The summed E-state index contributed by atoms with van der Waals surface area (Å²) in [7, 11) is 0. The van der Waals surface area contributed by atoms with Gasteiger partial charge in [0.05, 0.1) is 11.0 Å². The van der Waals surface area contributed by atoms with Crippen molar-refractivity contribution >= 4 is 11.4 Å². The Morgan fingerprint density at radius 2 is 2.41 bits per heavy atom. The smallest absolute Gasteiger partial charge is 0.310 e. The van der Waals surface area contributed by atoms with Crippen molar-refractivity contribution in [3.8, 4) is 0 Å². The van der Waals surface area contributed by atoms with Crippen molar-refractivity contribution in [2.75, 3.05) is 11.9 Å². The molecule has 0 saturated heterocycles. The third-order valence-electron chi connectivity index (χ3n) is 3.09. The number of hydrogen-bond acceptors (Lipinski definition) is 5. The molecule has 0 aromatic carbocycles. The molecular formula is C11H15N3O3. The number of nitrogens with zero attached hydrogens (tertiary/aromatic N) is 2. The van der Waals surface area contributed by atoms with Gasteiger partial charge in [0, 0.05) is 12.7 Å². The lowest BCUT2D eigenvalue weighted by Gasteiger charge is -2.11. The first kappa shape index (κ1) is 11.8. The summed E-state index contributed by atoms with van der Waals surface area (Å²) in [5.74, 6) is 0.387. The van der Waals surface area contributed by atoms with Gasteiger partial charge < -0.3 is 10.4 Å². The lowest BCUT2D eigenvalue weighted by Crippen LogP contribution is -2.13. The van der Waals surface area contributed by atoms with Crippen molar-refractivity contribution in [3.63, 3.8) is 0 Å². The Hall–Kier alpha value is -1.69. The third-order valence-corrected chi connectivity index (χ3v) is 3.09. The van der Waals surface area contributed by atoms with Crippen LogP contribution in [0.1, 0.15) is 19.3 Å². The minimum atomic E-state index is -0.446. The maximum absolute atomic E-state index is 10.8. The molecular weight excluding hydrogens is 222 g/mol. The molecule has 6 heteroatoms. The van der Waals surface area contributed by atoms with Gasteiger partial charge in [-0.3, -0.25) is 15.1 Å². The summed E-state index contributed by atoms with van der Waals surface area (Å²) in [4.78, 5) is 14.0. The Kier molecular flexibility index (Phi) is 3.53. The van der Waals surface area contributed by atoms with E-state index in [1.807, 2.05) is 0 Å². The van der Waals surface area contributed by atoms with Crippen molar-refractivity contribution in [2.24, 2.45) is 5.92 Å². The summed E-state index contributed by atoms with van der Waals surface area (Å²) in [6, 6.07) is 1.60. The van der Waals surface area contributed by atoms with Gasteiger partial charge in [-0.2, -0.15) is 0 Å². The highest BCUT2D eigenvalue weighted by atomic mass is 16.6. The molecule has 0 aliphatic heterocycles. The number of aromatic nitrogens is 1. The Morgan fingerprint density at radius 3 is 3.06 bits per heavy atom. The largest absolute Gasteiger partial charge is 0.393 e. The summed E-state index contributed by atoms with van der Waals surface area (Å²) in [6.45, 7) is 0.655. The first-order valence-electron chi connectivity index (χ1n) is 5.67. The maximum atomic E-state index is 10.8. The second kappa shape index (κ2) is 5.09. The average Bonchev–Trinajstić information content (AvgIpc) is 2.73. The van der Waals surface area contributed by atoms with Gasteiger partial charge in [-0.1, -0.05) is 0 Å². The molecule has 1 aromatic rings. The number of nitro groups is 1. The van der Waals surface area contributed by atoms with Gasteiger partial charge in [0.2, 0.25) is 0 Å². The Balaban J connectivity index is 1.97. The number of rotatable bonds is 4. The standard InChI is InChI=1S/C11H15N3O3/c15-9-2-1-8(5-9)6-13-10-3-4-12-7-11(10)14(16)17/h3-4,7-9,15H,1-2,5-6H2,(H,12,13). The average molecular weight is 237 g/mol. The number of hydrogen-bond donors (Lipinski definition) is 2. The van der Waals surface area contributed by atoms with Crippen LogP contribution in [-0.4, -0.2) is 27.7 Å². The van der Waals surface area contributed by atoms with Crippen molar-refractivity contribution in [2.45, 2.75) is 25.4 Å². The van der Waals surface area contributed by atoms with E-state index in [1.165, 1.54) is 12.4 Å². The minimum Gasteiger partial charge on any atom is -0.393 e. The van der Waals surface area contributed by atoms with E-state index >= 15 is 0 Å². The van der Waals surface area contributed by atoms with E-state index in [9.17, 15) is 15.2 Å². The maximum Gasteiger partial charge on any atom is 0.310 e. The molecule has 92 valence electrons. The quantitative estimate of drug-likeness (QED) is 0.612. The van der Waals surface area contributed by atoms with Crippen LogP contribution in [-0.2, 0) is 0 Å². The van der Waals surface area contributed by atoms with Gasteiger partial charge in [0.15, 0.2) is 0 Å². The molecule has 6 nitrogen and oxygen atoms in total. The van der Waals surface area contributed by atoms with Crippen LogP contribution in [0.4, 0.5) is 11.4 Å². The first-order valence-corrected chi connectivity index (χ1v) is 5.67. The van der Waals surface area contributed by atoms with E-state index in [2.05, 4.69) is 10.3 Å². The van der Waals surface area contributed by atoms with Crippen LogP contribution in [0.5, 0.6) is 0 Å². The highest BCUT2D eigenvalue weighted by molar-refractivity contribution is 5.59. The van der Waals surface area contributed by atoms with E-state index in [0.29, 0.717) is 18.2 Å². The molecule has 2 atom stereocenters. The van der Waals surface area contributed by atoms with Crippen LogP contribution >= 0.6 is 0 Å². The van der Waals surface area contributed by atoms with Gasteiger partial charge >= 0.3 is 5.69 Å². The number of pyridine rings is 1. The molecule has 2 N–H and O–H groups in total. The van der Waals surface area contributed by atoms with E-state index in [4.69, 9.17) is 0 Å². The van der Waals surface area contributed by atoms with Crippen LogP contribution in [0, 0.1) is 16.0 Å². The van der Waals surface area contributed by atoms with Crippen LogP contribution in [0.3, 0.4) is 0 Å². The fourth-order valence-corrected chi connectivity index (χ4v) is 2.17. The van der Waals surface area contributed by atoms with Crippen molar-refractivity contribution in [1.29, 1.82) is 0 Å². The molecule has 1 heterocycles. The fourth-order valence-electron chi connectivity index (χ4n) is 2.17. The summed E-state index contributed by atoms with van der Waals surface area (Å²) in [6.07, 6.45) is 5.11. The predicted molar refractivity (Wildman–Crippen MR) is 62.7 cm³/mol. The van der Waals surface area contributed by atoms with E-state index < -0.39 is 4.92 Å². The Labute approximate surface area is 98.8 Å². The first-order chi connectivity index (χ1) is 8.16. The summed E-state index contributed by atoms with van der Waals surface area (Å²) in [5.41, 5.74) is 0.484. The van der Waals surface area contributed by atoms with Crippen molar-refractivity contribution in [1.82, 2.24) is 4.98 Å². The fraction of sp³-hybridized carbons (Fsp3) is 0.545. The molecule has 1 aliphatic carbocycles. The molecule has 2 unspecified atom stereocenters. The molecule has 2 rings (SSSR count). The number of aliphatic hydroxyl groups is 1.